The highest BCUT2D eigenvalue weighted by molar-refractivity contribution is 5.95. The number of ether oxygens (including phenoxy) is 1. The van der Waals surface area contributed by atoms with Crippen molar-refractivity contribution in [2.45, 2.75) is 6.92 Å². The minimum absolute atomic E-state index is 0.229. The molecule has 2 aromatic rings. The summed E-state index contributed by atoms with van der Waals surface area (Å²) < 4.78 is 5.01. The minimum Gasteiger partial charge on any atom is -0.465 e. The monoisotopic (exact) mass is 258 g/mol. The Hall–Kier alpha value is -2.37. The Balaban J connectivity index is 1.84. The number of esters is 1. The number of nitrogens with one attached hydrogen (secondary N) is 1. The van der Waals surface area contributed by atoms with Crippen LogP contribution in [-0.2, 0) is 9.53 Å². The number of hydrogen-bond donors (Lipinski definition) is 1. The molecule has 0 spiro atoms. The van der Waals surface area contributed by atoms with E-state index in [4.69, 9.17) is 4.74 Å². The van der Waals surface area contributed by atoms with Crippen LogP contribution in [0.25, 0.3) is 11.0 Å². The van der Waals surface area contributed by atoms with E-state index in [9.17, 15) is 4.79 Å². The van der Waals surface area contributed by atoms with Crippen molar-refractivity contribution in [3.8, 4) is 0 Å². The van der Waals surface area contributed by atoms with Gasteiger partial charge in [-0.3, -0.25) is 9.80 Å². The second-order valence-electron chi connectivity index (χ2n) is 4.28. The number of hydrazone groups is 1. The predicted molar refractivity (Wildman–Crippen MR) is 72.1 cm³/mol. The van der Waals surface area contributed by atoms with Crippen LogP contribution in [0.1, 0.15) is 6.92 Å². The molecule has 0 saturated carbocycles. The van der Waals surface area contributed by atoms with Crippen LogP contribution in [0.2, 0.25) is 0 Å². The van der Waals surface area contributed by atoms with Gasteiger partial charge in [0.2, 0.25) is 0 Å². The molecule has 0 amide bonds. The molecule has 1 N–H and O–H groups in total. The third-order valence-electron chi connectivity index (χ3n) is 3.06. The van der Waals surface area contributed by atoms with Gasteiger partial charge >= 0.3 is 5.97 Å². The van der Waals surface area contributed by atoms with Gasteiger partial charge in [0.05, 0.1) is 18.8 Å². The van der Waals surface area contributed by atoms with E-state index in [0.29, 0.717) is 13.2 Å². The molecule has 3 heterocycles. The molecule has 0 radical (unpaired) electrons. The third kappa shape index (κ3) is 2.05. The van der Waals surface area contributed by atoms with Gasteiger partial charge in [-0.15, -0.1) is 0 Å². The van der Waals surface area contributed by atoms with E-state index in [-0.39, 0.29) is 11.9 Å². The Morgan fingerprint density at radius 3 is 3.32 bits per heavy atom. The van der Waals surface area contributed by atoms with E-state index in [2.05, 4.69) is 15.1 Å². The molecule has 0 aromatic carbocycles. The van der Waals surface area contributed by atoms with Crippen molar-refractivity contribution in [3.63, 3.8) is 0 Å². The van der Waals surface area contributed by atoms with Gasteiger partial charge in [0.1, 0.15) is 11.6 Å². The normalized spacial score (nSPS) is 18.2. The fourth-order valence-corrected chi connectivity index (χ4v) is 2.16. The number of carbonyl (C=O) groups is 1. The number of pyridine rings is 1. The van der Waals surface area contributed by atoms with Crippen molar-refractivity contribution in [2.75, 3.05) is 18.2 Å². The van der Waals surface area contributed by atoms with Crippen molar-refractivity contribution in [3.05, 3.63) is 24.5 Å². The van der Waals surface area contributed by atoms with Crippen molar-refractivity contribution >= 4 is 28.9 Å². The summed E-state index contributed by atoms with van der Waals surface area (Å²) in [4.78, 5) is 19.0. The Morgan fingerprint density at radius 1 is 1.58 bits per heavy atom. The minimum atomic E-state index is -0.304. The molecule has 0 bridgehead atoms. The lowest BCUT2D eigenvalue weighted by Gasteiger charge is -2.16. The van der Waals surface area contributed by atoms with E-state index in [1.807, 2.05) is 18.3 Å². The third-order valence-corrected chi connectivity index (χ3v) is 3.06. The van der Waals surface area contributed by atoms with Crippen molar-refractivity contribution in [2.24, 2.45) is 11.0 Å². The van der Waals surface area contributed by atoms with Gasteiger partial charge in [-0.1, -0.05) is 0 Å². The maximum absolute atomic E-state index is 11.7. The van der Waals surface area contributed by atoms with Crippen molar-refractivity contribution in [1.82, 2.24) is 9.97 Å². The average molecular weight is 258 g/mol. The number of aromatic amines is 1. The number of anilines is 1. The molecule has 98 valence electrons. The summed E-state index contributed by atoms with van der Waals surface area (Å²) in [5.74, 6) is -0.532. The van der Waals surface area contributed by atoms with Crippen LogP contribution in [0.5, 0.6) is 0 Å². The number of H-pyrrole nitrogens is 1. The number of rotatable bonds is 3. The van der Waals surface area contributed by atoms with Crippen LogP contribution in [0.4, 0.5) is 5.69 Å². The molecule has 0 aliphatic carbocycles. The molecule has 2 aromatic heterocycles. The molecule has 3 rings (SSSR count). The van der Waals surface area contributed by atoms with Crippen LogP contribution in [-0.4, -0.2) is 35.3 Å². The fourth-order valence-electron chi connectivity index (χ4n) is 2.16. The molecule has 19 heavy (non-hydrogen) atoms. The second-order valence-corrected chi connectivity index (χ2v) is 4.28. The number of carbonyl (C=O) groups excluding carboxylic acids is 1. The maximum atomic E-state index is 11.7. The summed E-state index contributed by atoms with van der Waals surface area (Å²) >= 11 is 0. The number of nitrogens with zero attached hydrogens (tertiary/aromatic N) is 3. The van der Waals surface area contributed by atoms with Crippen LogP contribution in [0, 0.1) is 5.92 Å². The van der Waals surface area contributed by atoms with Crippen LogP contribution >= 0.6 is 0 Å². The van der Waals surface area contributed by atoms with Crippen LogP contribution < -0.4 is 5.01 Å². The second kappa shape index (κ2) is 4.72. The smallest absolute Gasteiger partial charge is 0.316 e. The summed E-state index contributed by atoms with van der Waals surface area (Å²) in [6, 6.07) is 3.84. The van der Waals surface area contributed by atoms with Crippen LogP contribution in [0.15, 0.2) is 29.6 Å². The molecule has 1 atom stereocenters. The molecule has 1 aliphatic rings. The molecule has 0 fully saturated rings. The van der Waals surface area contributed by atoms with Gasteiger partial charge in [-0.05, 0) is 19.1 Å². The van der Waals surface area contributed by atoms with Gasteiger partial charge in [0.25, 0.3) is 0 Å². The predicted octanol–water partition coefficient (Wildman–Crippen LogP) is 1.55. The van der Waals surface area contributed by atoms with E-state index in [1.54, 1.807) is 24.3 Å². The number of hydrogen-bond acceptors (Lipinski definition) is 5. The first kappa shape index (κ1) is 11.7. The zero-order chi connectivity index (χ0) is 13.2. The molecule has 0 saturated heterocycles. The zero-order valence-electron chi connectivity index (χ0n) is 10.5. The van der Waals surface area contributed by atoms with Gasteiger partial charge in [0, 0.05) is 24.0 Å². The summed E-state index contributed by atoms with van der Waals surface area (Å²) in [6.45, 7) is 2.69. The van der Waals surface area contributed by atoms with Gasteiger partial charge in [-0.2, -0.15) is 5.10 Å². The van der Waals surface area contributed by atoms with Crippen LogP contribution in [0.3, 0.4) is 0 Å². The molecule has 1 aliphatic heterocycles. The lowest BCUT2D eigenvalue weighted by atomic mass is 10.2. The first-order valence-electron chi connectivity index (χ1n) is 6.20. The molecule has 6 nitrogen and oxygen atoms in total. The standard InChI is InChI=1S/C13H14N4O2/c1-2-19-13(18)9-7-16-17(8-9)11-4-6-15-12-10(11)3-5-14-12/h3-7,9H,2,8H2,1H3,(H,14,15). The van der Waals surface area contributed by atoms with Gasteiger partial charge in [-0.25, -0.2) is 4.98 Å². The summed E-state index contributed by atoms with van der Waals surface area (Å²) in [7, 11) is 0. The van der Waals surface area contributed by atoms with Crippen molar-refractivity contribution in [1.29, 1.82) is 0 Å². The summed E-state index contributed by atoms with van der Waals surface area (Å²) in [5, 5.41) is 7.08. The highest BCUT2D eigenvalue weighted by Gasteiger charge is 2.27. The van der Waals surface area contributed by atoms with Gasteiger partial charge < -0.3 is 9.72 Å². The van der Waals surface area contributed by atoms with Gasteiger partial charge in [0.15, 0.2) is 0 Å². The largest absolute Gasteiger partial charge is 0.465 e. The Kier molecular flexibility index (Phi) is 2.91. The fraction of sp³-hybridized carbons (Fsp3) is 0.308. The van der Waals surface area contributed by atoms with E-state index >= 15 is 0 Å². The lowest BCUT2D eigenvalue weighted by molar-refractivity contribution is -0.144. The average Bonchev–Trinajstić information content (AvgIpc) is 3.07. The SMILES string of the molecule is CCOC(=O)C1C=NN(c2ccnc3[nH]ccc23)C1. The highest BCUT2D eigenvalue weighted by atomic mass is 16.5. The first-order chi connectivity index (χ1) is 9.29. The number of fused-ring (bicyclic) bond motifs is 1. The number of aromatic nitrogens is 2. The van der Waals surface area contributed by atoms with E-state index in [1.165, 1.54) is 0 Å². The maximum Gasteiger partial charge on any atom is 0.316 e. The quantitative estimate of drug-likeness (QED) is 0.848. The molecule has 1 unspecified atom stereocenters. The Bertz CT molecular complexity index is 634. The topological polar surface area (TPSA) is 70.6 Å². The Labute approximate surface area is 110 Å². The zero-order valence-corrected chi connectivity index (χ0v) is 10.5. The van der Waals surface area contributed by atoms with E-state index < -0.39 is 0 Å². The molecular formula is C13H14N4O2. The lowest BCUT2D eigenvalue weighted by Crippen LogP contribution is -2.25. The first-order valence-corrected chi connectivity index (χ1v) is 6.20. The van der Waals surface area contributed by atoms with E-state index in [0.717, 1.165) is 16.7 Å². The summed E-state index contributed by atoms with van der Waals surface area (Å²) in [6.07, 6.45) is 5.20. The Morgan fingerprint density at radius 2 is 2.47 bits per heavy atom. The van der Waals surface area contributed by atoms with Crippen molar-refractivity contribution < 1.29 is 9.53 Å². The summed E-state index contributed by atoms with van der Waals surface area (Å²) in [5.41, 5.74) is 1.75. The molecule has 6 heteroatoms. The molecular weight excluding hydrogens is 244 g/mol. The highest BCUT2D eigenvalue weighted by Crippen LogP contribution is 2.27.